The van der Waals surface area contributed by atoms with Gasteiger partial charge in [0.25, 0.3) is 0 Å². The Balaban J connectivity index is 4.54. The van der Waals surface area contributed by atoms with E-state index in [1.165, 1.54) is 57.8 Å². The zero-order valence-electron chi connectivity index (χ0n) is 34.4. The van der Waals surface area contributed by atoms with Gasteiger partial charge >= 0.3 is 19.8 Å². The number of esters is 2. The molecule has 0 spiro atoms. The van der Waals surface area contributed by atoms with Gasteiger partial charge in [0, 0.05) is 12.8 Å². The minimum atomic E-state index is -4.66. The summed E-state index contributed by atoms with van der Waals surface area (Å²) in [6, 6.07) is 0. The molecule has 0 bridgehead atoms. The van der Waals surface area contributed by atoms with Crippen LogP contribution in [-0.2, 0) is 32.7 Å². The fourth-order valence-corrected chi connectivity index (χ4v) is 6.01. The number of phosphoric acid groups is 1. The SMILES string of the molecule is CCC=CCC=CCC=CC=CC(O)CC=CCC=CCCC(=O)OC(COC(=O)CCCCCCCCCCCCCCC)COP(=O)(O)OCC(O)CO. The molecule has 0 fully saturated rings. The van der Waals surface area contributed by atoms with Crippen molar-refractivity contribution in [3.63, 3.8) is 0 Å². The lowest BCUT2D eigenvalue weighted by Gasteiger charge is -2.20. The predicted molar refractivity (Wildman–Crippen MR) is 225 cm³/mol. The van der Waals surface area contributed by atoms with Crippen molar-refractivity contribution >= 4 is 19.8 Å². The second-order valence-electron chi connectivity index (χ2n) is 13.8. The standard InChI is InChI=1S/C44H75O11P/c1-3-5-7-9-11-13-15-16-17-19-21-26-30-34-43(48)52-38-42(39-54-56(50,51)53-37-41(47)36-45)55-44(49)35-31-27-23-22-25-29-33-40(46)32-28-24-20-18-14-12-10-8-6-4-2/h6,8,12,14,20,23-25,27-29,32,40-42,45-47H,3-5,7,9-11,13,15-19,21-22,26,30-31,33-39H2,1-2H3,(H,50,51). The molecule has 0 aromatic carbocycles. The van der Waals surface area contributed by atoms with Crippen LogP contribution in [0, 0.1) is 0 Å². The van der Waals surface area contributed by atoms with E-state index in [0.717, 1.165) is 38.5 Å². The number of carbonyl (C=O) groups is 2. The summed E-state index contributed by atoms with van der Waals surface area (Å²) in [7, 11) is -4.66. The van der Waals surface area contributed by atoms with E-state index in [1.54, 1.807) is 6.08 Å². The Bertz CT molecular complexity index is 1180. The highest BCUT2D eigenvalue weighted by atomic mass is 31.2. The molecule has 4 N–H and O–H groups in total. The molecule has 0 aromatic rings. The molecule has 0 aromatic heterocycles. The molecule has 0 aliphatic rings. The largest absolute Gasteiger partial charge is 0.472 e. The maximum absolute atomic E-state index is 12.6. The summed E-state index contributed by atoms with van der Waals surface area (Å²) in [6.45, 7) is 2.07. The lowest BCUT2D eigenvalue weighted by Crippen LogP contribution is -2.29. The zero-order chi connectivity index (χ0) is 41.4. The Morgan fingerprint density at radius 3 is 1.80 bits per heavy atom. The Morgan fingerprint density at radius 1 is 0.625 bits per heavy atom. The van der Waals surface area contributed by atoms with Gasteiger partial charge in [-0.15, -0.1) is 0 Å². The van der Waals surface area contributed by atoms with E-state index in [0.29, 0.717) is 25.7 Å². The second-order valence-corrected chi connectivity index (χ2v) is 15.3. The van der Waals surface area contributed by atoms with Crippen molar-refractivity contribution in [2.24, 2.45) is 0 Å². The van der Waals surface area contributed by atoms with Crippen LogP contribution in [0.3, 0.4) is 0 Å². The van der Waals surface area contributed by atoms with Gasteiger partial charge in [-0.3, -0.25) is 18.6 Å². The van der Waals surface area contributed by atoms with Gasteiger partial charge in [-0.05, 0) is 44.9 Å². The lowest BCUT2D eigenvalue weighted by atomic mass is 10.0. The van der Waals surface area contributed by atoms with Crippen LogP contribution in [-0.4, -0.2) is 76.9 Å². The molecule has 322 valence electrons. The van der Waals surface area contributed by atoms with E-state index >= 15 is 0 Å². The van der Waals surface area contributed by atoms with Gasteiger partial charge in [-0.2, -0.15) is 0 Å². The highest BCUT2D eigenvalue weighted by molar-refractivity contribution is 7.47. The van der Waals surface area contributed by atoms with Crippen molar-refractivity contribution in [2.75, 3.05) is 26.4 Å². The average Bonchev–Trinajstić information content (AvgIpc) is 3.18. The minimum Gasteiger partial charge on any atom is -0.462 e. The van der Waals surface area contributed by atoms with Crippen molar-refractivity contribution in [1.29, 1.82) is 0 Å². The summed E-state index contributed by atoms with van der Waals surface area (Å²) in [5.74, 6) is -1.07. The first-order chi connectivity index (χ1) is 27.1. The molecule has 12 heteroatoms. The highest BCUT2D eigenvalue weighted by Crippen LogP contribution is 2.43. The first-order valence-corrected chi connectivity index (χ1v) is 22.5. The fourth-order valence-electron chi connectivity index (χ4n) is 5.22. The average molecular weight is 811 g/mol. The third kappa shape index (κ3) is 38.3. The van der Waals surface area contributed by atoms with Gasteiger partial charge in [0.2, 0.25) is 0 Å². The molecular weight excluding hydrogens is 735 g/mol. The van der Waals surface area contributed by atoms with Crippen LogP contribution >= 0.6 is 7.82 Å². The number of hydrogen-bond acceptors (Lipinski definition) is 10. The highest BCUT2D eigenvalue weighted by Gasteiger charge is 2.27. The van der Waals surface area contributed by atoms with Crippen LogP contribution in [0.1, 0.15) is 149 Å². The van der Waals surface area contributed by atoms with Gasteiger partial charge in [0.15, 0.2) is 6.10 Å². The molecule has 56 heavy (non-hydrogen) atoms. The summed E-state index contributed by atoms with van der Waals surface area (Å²) in [5.41, 5.74) is 0. The first kappa shape index (κ1) is 53.4. The summed E-state index contributed by atoms with van der Waals surface area (Å²) in [4.78, 5) is 34.9. The molecule has 0 radical (unpaired) electrons. The zero-order valence-corrected chi connectivity index (χ0v) is 35.3. The fraction of sp³-hybridized carbons (Fsp3) is 0.682. The van der Waals surface area contributed by atoms with Crippen LogP contribution in [0.5, 0.6) is 0 Å². The number of aliphatic hydroxyl groups excluding tert-OH is 3. The van der Waals surface area contributed by atoms with Crippen molar-refractivity contribution in [2.45, 2.75) is 167 Å². The quantitative estimate of drug-likeness (QED) is 0.0154. The molecule has 0 saturated heterocycles. The predicted octanol–water partition coefficient (Wildman–Crippen LogP) is 9.86. The number of hydrogen-bond donors (Lipinski definition) is 4. The maximum Gasteiger partial charge on any atom is 0.472 e. The third-order valence-electron chi connectivity index (χ3n) is 8.47. The smallest absolute Gasteiger partial charge is 0.462 e. The summed E-state index contributed by atoms with van der Waals surface area (Å²) >= 11 is 0. The summed E-state index contributed by atoms with van der Waals surface area (Å²) < 4.78 is 32.5. The first-order valence-electron chi connectivity index (χ1n) is 21.0. The molecule has 0 amide bonds. The van der Waals surface area contributed by atoms with Crippen molar-refractivity contribution in [3.05, 3.63) is 72.9 Å². The Labute approximate surface area is 338 Å². The number of ether oxygens (including phenoxy) is 2. The van der Waals surface area contributed by atoms with E-state index in [2.05, 4.69) is 42.7 Å². The minimum absolute atomic E-state index is 0.0162. The van der Waals surface area contributed by atoms with Crippen LogP contribution in [0.4, 0.5) is 0 Å². The third-order valence-corrected chi connectivity index (χ3v) is 9.42. The van der Waals surface area contributed by atoms with Crippen LogP contribution < -0.4 is 0 Å². The monoisotopic (exact) mass is 811 g/mol. The van der Waals surface area contributed by atoms with E-state index in [-0.39, 0.29) is 19.4 Å². The van der Waals surface area contributed by atoms with E-state index in [4.69, 9.17) is 19.1 Å². The van der Waals surface area contributed by atoms with E-state index in [9.17, 15) is 29.3 Å². The number of phosphoric ester groups is 1. The number of carbonyl (C=O) groups excluding carboxylic acids is 2. The Morgan fingerprint density at radius 2 is 1.18 bits per heavy atom. The lowest BCUT2D eigenvalue weighted by molar-refractivity contribution is -0.161. The number of aliphatic hydroxyl groups is 3. The van der Waals surface area contributed by atoms with E-state index < -0.39 is 57.9 Å². The molecule has 11 nitrogen and oxygen atoms in total. The second kappa shape index (κ2) is 39.2. The molecule has 4 atom stereocenters. The molecule has 0 aliphatic heterocycles. The Hall–Kier alpha value is -2.63. The van der Waals surface area contributed by atoms with E-state index in [1.807, 2.05) is 42.5 Å². The van der Waals surface area contributed by atoms with Gasteiger partial charge in [-0.1, -0.05) is 164 Å². The normalized spacial score (nSPS) is 15.2. The van der Waals surface area contributed by atoms with Gasteiger partial charge in [-0.25, -0.2) is 4.57 Å². The maximum atomic E-state index is 12.6. The van der Waals surface area contributed by atoms with Crippen molar-refractivity contribution in [3.8, 4) is 0 Å². The van der Waals surface area contributed by atoms with Crippen molar-refractivity contribution < 1.29 is 52.9 Å². The summed E-state index contributed by atoms with van der Waals surface area (Å²) in [5, 5.41) is 28.4. The van der Waals surface area contributed by atoms with Crippen LogP contribution in [0.15, 0.2) is 72.9 Å². The molecule has 0 saturated carbocycles. The summed E-state index contributed by atoms with van der Waals surface area (Å²) in [6.07, 6.45) is 40.4. The molecule has 0 rings (SSSR count). The number of rotatable bonds is 38. The van der Waals surface area contributed by atoms with Crippen LogP contribution in [0.2, 0.25) is 0 Å². The van der Waals surface area contributed by atoms with Crippen LogP contribution in [0.25, 0.3) is 0 Å². The number of allylic oxidation sites excluding steroid dienone is 10. The topological polar surface area (TPSA) is 169 Å². The van der Waals surface area contributed by atoms with Gasteiger partial charge in [0.05, 0.1) is 25.9 Å². The van der Waals surface area contributed by atoms with Gasteiger partial charge < -0.3 is 29.7 Å². The van der Waals surface area contributed by atoms with Crippen molar-refractivity contribution in [1.82, 2.24) is 0 Å². The Kier molecular flexibility index (Phi) is 37.4. The number of unbranched alkanes of at least 4 members (excludes halogenated alkanes) is 12. The van der Waals surface area contributed by atoms with Gasteiger partial charge in [0.1, 0.15) is 12.7 Å². The molecule has 4 unspecified atom stereocenters. The molecular formula is C44H75O11P. The molecule has 0 heterocycles. The molecule has 0 aliphatic carbocycles.